The van der Waals surface area contributed by atoms with Gasteiger partial charge in [-0.05, 0) is 16.7 Å². The Morgan fingerprint density at radius 2 is 1.60 bits per heavy atom. The van der Waals surface area contributed by atoms with Crippen LogP contribution < -0.4 is 5.73 Å². The highest BCUT2D eigenvalue weighted by atomic mass is 15.1. The van der Waals surface area contributed by atoms with Crippen LogP contribution in [0, 0.1) is 0 Å². The average molecular weight is 263 g/mol. The third kappa shape index (κ3) is 2.63. The van der Waals surface area contributed by atoms with Crippen molar-refractivity contribution in [2.45, 2.75) is 13.1 Å². The molecule has 1 heterocycles. The molecule has 0 spiro atoms. The summed E-state index contributed by atoms with van der Waals surface area (Å²) >= 11 is 0. The largest absolute Gasteiger partial charge is 0.329 e. The number of benzene rings is 2. The van der Waals surface area contributed by atoms with Crippen molar-refractivity contribution in [2.24, 2.45) is 5.73 Å². The van der Waals surface area contributed by atoms with Crippen molar-refractivity contribution in [3.05, 3.63) is 78.4 Å². The molecule has 0 atom stereocenters. The summed E-state index contributed by atoms with van der Waals surface area (Å²) < 4.78 is 2.08. The number of hydrogen-bond donors (Lipinski definition) is 1. The van der Waals surface area contributed by atoms with Crippen LogP contribution in [0.1, 0.15) is 11.4 Å². The van der Waals surface area contributed by atoms with E-state index in [0.29, 0.717) is 6.54 Å². The lowest BCUT2D eigenvalue weighted by Crippen LogP contribution is -2.08. The zero-order valence-corrected chi connectivity index (χ0v) is 11.2. The van der Waals surface area contributed by atoms with Crippen molar-refractivity contribution in [1.82, 2.24) is 9.55 Å². The molecule has 0 aliphatic carbocycles. The van der Waals surface area contributed by atoms with E-state index in [1.807, 2.05) is 12.3 Å². The van der Waals surface area contributed by atoms with Gasteiger partial charge in [0.1, 0.15) is 5.82 Å². The molecule has 0 amide bonds. The van der Waals surface area contributed by atoms with Crippen LogP contribution in [0.5, 0.6) is 0 Å². The first kappa shape index (κ1) is 12.6. The lowest BCUT2D eigenvalue weighted by atomic mass is 10.0. The summed E-state index contributed by atoms with van der Waals surface area (Å²) in [6.07, 6.45) is 3.76. The normalized spacial score (nSPS) is 10.7. The molecule has 0 saturated heterocycles. The Bertz CT molecular complexity index is 669. The first-order valence-electron chi connectivity index (χ1n) is 6.71. The Labute approximate surface area is 118 Å². The third-order valence-corrected chi connectivity index (χ3v) is 3.40. The molecule has 2 N–H and O–H groups in total. The molecule has 0 saturated carbocycles. The topological polar surface area (TPSA) is 43.8 Å². The fourth-order valence-corrected chi connectivity index (χ4v) is 2.30. The highest BCUT2D eigenvalue weighted by molar-refractivity contribution is 5.63. The summed E-state index contributed by atoms with van der Waals surface area (Å²) in [5.74, 6) is 0.914. The molecule has 3 rings (SSSR count). The Morgan fingerprint density at radius 3 is 2.30 bits per heavy atom. The molecule has 0 aliphatic rings. The molecular formula is C17H17N3. The third-order valence-electron chi connectivity index (χ3n) is 3.40. The lowest BCUT2D eigenvalue weighted by molar-refractivity contribution is 0.724. The maximum Gasteiger partial charge on any atom is 0.122 e. The van der Waals surface area contributed by atoms with Crippen molar-refractivity contribution < 1.29 is 0 Å². The highest BCUT2D eigenvalue weighted by Crippen LogP contribution is 2.19. The number of hydrogen-bond acceptors (Lipinski definition) is 2. The van der Waals surface area contributed by atoms with Gasteiger partial charge in [-0.25, -0.2) is 4.98 Å². The van der Waals surface area contributed by atoms with Gasteiger partial charge in [0.15, 0.2) is 0 Å². The number of aromatic nitrogens is 2. The number of imidazole rings is 1. The van der Waals surface area contributed by atoms with Crippen LogP contribution in [-0.4, -0.2) is 9.55 Å². The maximum atomic E-state index is 5.67. The predicted octanol–water partition coefficient (Wildman–Crippen LogP) is 3.06. The van der Waals surface area contributed by atoms with Gasteiger partial charge in [-0.15, -0.1) is 0 Å². The van der Waals surface area contributed by atoms with Crippen molar-refractivity contribution in [3.63, 3.8) is 0 Å². The monoisotopic (exact) mass is 263 g/mol. The molecule has 20 heavy (non-hydrogen) atoms. The molecule has 0 radical (unpaired) electrons. The van der Waals surface area contributed by atoms with Crippen LogP contribution in [0.15, 0.2) is 67.0 Å². The second kappa shape index (κ2) is 5.72. The van der Waals surface area contributed by atoms with E-state index in [9.17, 15) is 0 Å². The van der Waals surface area contributed by atoms with Crippen LogP contribution in [0.3, 0.4) is 0 Å². The van der Waals surface area contributed by atoms with Crippen LogP contribution >= 0.6 is 0 Å². The summed E-state index contributed by atoms with van der Waals surface area (Å²) in [5.41, 5.74) is 9.39. The molecule has 0 fully saturated rings. The molecule has 3 nitrogen and oxygen atoms in total. The Balaban J connectivity index is 1.80. The predicted molar refractivity (Wildman–Crippen MR) is 81.1 cm³/mol. The van der Waals surface area contributed by atoms with Crippen LogP contribution in [0.2, 0.25) is 0 Å². The van der Waals surface area contributed by atoms with Gasteiger partial charge in [0.25, 0.3) is 0 Å². The summed E-state index contributed by atoms with van der Waals surface area (Å²) in [6.45, 7) is 1.27. The SMILES string of the molecule is NCc1nccn1Cc1ccc(-c2ccccc2)cc1. The van der Waals surface area contributed by atoms with Gasteiger partial charge in [-0.3, -0.25) is 0 Å². The van der Waals surface area contributed by atoms with E-state index < -0.39 is 0 Å². The zero-order valence-electron chi connectivity index (χ0n) is 11.2. The molecule has 0 unspecified atom stereocenters. The second-order valence-electron chi connectivity index (χ2n) is 4.74. The van der Waals surface area contributed by atoms with Gasteiger partial charge in [0.2, 0.25) is 0 Å². The van der Waals surface area contributed by atoms with E-state index in [1.54, 1.807) is 6.20 Å². The smallest absolute Gasteiger partial charge is 0.122 e. The Kier molecular flexibility index (Phi) is 3.61. The highest BCUT2D eigenvalue weighted by Gasteiger charge is 2.02. The van der Waals surface area contributed by atoms with Gasteiger partial charge < -0.3 is 10.3 Å². The first-order chi connectivity index (χ1) is 9.86. The minimum atomic E-state index is 0.467. The fourth-order valence-electron chi connectivity index (χ4n) is 2.30. The number of nitrogens with zero attached hydrogens (tertiary/aromatic N) is 2. The average Bonchev–Trinajstić information content (AvgIpc) is 2.96. The summed E-state index contributed by atoms with van der Waals surface area (Å²) in [7, 11) is 0. The molecule has 3 aromatic rings. The van der Waals surface area contributed by atoms with Gasteiger partial charge in [-0.1, -0.05) is 54.6 Å². The Hall–Kier alpha value is -2.39. The molecular weight excluding hydrogens is 246 g/mol. The molecule has 0 aliphatic heterocycles. The van der Waals surface area contributed by atoms with E-state index in [4.69, 9.17) is 5.73 Å². The summed E-state index contributed by atoms with van der Waals surface area (Å²) in [5, 5.41) is 0. The maximum absolute atomic E-state index is 5.67. The van der Waals surface area contributed by atoms with Gasteiger partial charge in [0, 0.05) is 18.9 Å². The molecule has 3 heteroatoms. The van der Waals surface area contributed by atoms with E-state index in [-0.39, 0.29) is 0 Å². The summed E-state index contributed by atoms with van der Waals surface area (Å²) in [6, 6.07) is 19.0. The second-order valence-corrected chi connectivity index (χ2v) is 4.74. The van der Waals surface area contributed by atoms with Crippen molar-refractivity contribution in [3.8, 4) is 11.1 Å². The number of nitrogens with two attached hydrogens (primary N) is 1. The van der Waals surface area contributed by atoms with E-state index in [0.717, 1.165) is 12.4 Å². The van der Waals surface area contributed by atoms with E-state index in [2.05, 4.69) is 58.1 Å². The quantitative estimate of drug-likeness (QED) is 0.786. The lowest BCUT2D eigenvalue weighted by Gasteiger charge is -2.08. The standard InChI is InChI=1S/C17H17N3/c18-12-17-19-10-11-20(17)13-14-6-8-16(9-7-14)15-4-2-1-3-5-15/h1-11H,12-13,18H2. The van der Waals surface area contributed by atoms with Crippen LogP contribution in [-0.2, 0) is 13.1 Å². The molecule has 100 valence electrons. The van der Waals surface area contributed by atoms with Crippen LogP contribution in [0.25, 0.3) is 11.1 Å². The van der Waals surface area contributed by atoms with E-state index in [1.165, 1.54) is 16.7 Å². The van der Waals surface area contributed by atoms with Crippen molar-refractivity contribution in [1.29, 1.82) is 0 Å². The van der Waals surface area contributed by atoms with Gasteiger partial charge >= 0.3 is 0 Å². The molecule has 0 bridgehead atoms. The van der Waals surface area contributed by atoms with E-state index >= 15 is 0 Å². The van der Waals surface area contributed by atoms with Crippen molar-refractivity contribution >= 4 is 0 Å². The van der Waals surface area contributed by atoms with Gasteiger partial charge in [-0.2, -0.15) is 0 Å². The minimum Gasteiger partial charge on any atom is -0.329 e. The molecule has 2 aromatic carbocycles. The zero-order chi connectivity index (χ0) is 13.8. The minimum absolute atomic E-state index is 0.467. The van der Waals surface area contributed by atoms with Crippen molar-refractivity contribution in [2.75, 3.05) is 0 Å². The number of rotatable bonds is 4. The Morgan fingerprint density at radius 1 is 0.900 bits per heavy atom. The first-order valence-corrected chi connectivity index (χ1v) is 6.71. The van der Waals surface area contributed by atoms with Crippen LogP contribution in [0.4, 0.5) is 0 Å². The van der Waals surface area contributed by atoms with Gasteiger partial charge in [0.05, 0.1) is 6.54 Å². The fraction of sp³-hybridized carbons (Fsp3) is 0.118. The summed E-state index contributed by atoms with van der Waals surface area (Å²) in [4.78, 5) is 4.23. The molecule has 1 aromatic heterocycles.